The average molecular weight is 370 g/mol. The molecule has 0 saturated carbocycles. The third kappa shape index (κ3) is 3.34. The summed E-state index contributed by atoms with van der Waals surface area (Å²) in [5.41, 5.74) is 1.71. The first-order valence-electron chi connectivity index (χ1n) is 9.14. The van der Waals surface area contributed by atoms with Gasteiger partial charge in [0.2, 0.25) is 6.79 Å². The molecule has 4 rings (SSSR count). The van der Waals surface area contributed by atoms with E-state index in [1.165, 1.54) is 0 Å². The van der Waals surface area contributed by atoms with Crippen molar-refractivity contribution in [1.82, 2.24) is 14.9 Å². The molecule has 1 aromatic heterocycles. The number of rotatable bonds is 4. The van der Waals surface area contributed by atoms with E-state index >= 15 is 0 Å². The van der Waals surface area contributed by atoms with Crippen molar-refractivity contribution >= 4 is 17.5 Å². The van der Waals surface area contributed by atoms with E-state index in [1.54, 1.807) is 18.2 Å². The van der Waals surface area contributed by atoms with Crippen molar-refractivity contribution in [3.8, 4) is 11.5 Å². The monoisotopic (exact) mass is 370 g/mol. The summed E-state index contributed by atoms with van der Waals surface area (Å²) >= 11 is 0. The number of anilines is 1. The van der Waals surface area contributed by atoms with E-state index in [1.807, 2.05) is 18.4 Å². The number of hydrogen-bond donors (Lipinski definition) is 2. The number of nitrogens with zero attached hydrogens (tertiary/aromatic N) is 2. The SMILES string of the molecule is CC(C)NC(=O)c1nc(C(=O)Nc2ccc3c(c2)OCO3)c2n1CCCC2. The van der Waals surface area contributed by atoms with E-state index in [-0.39, 0.29) is 24.6 Å². The van der Waals surface area contributed by atoms with Crippen LogP contribution >= 0.6 is 0 Å². The molecule has 8 heteroatoms. The van der Waals surface area contributed by atoms with E-state index < -0.39 is 0 Å². The highest BCUT2D eigenvalue weighted by molar-refractivity contribution is 6.05. The topological polar surface area (TPSA) is 94.5 Å². The van der Waals surface area contributed by atoms with Crippen LogP contribution in [0, 0.1) is 0 Å². The second-order valence-electron chi connectivity index (χ2n) is 6.99. The van der Waals surface area contributed by atoms with Crippen LogP contribution in [-0.2, 0) is 13.0 Å². The molecule has 0 spiro atoms. The Bertz CT molecular complexity index is 903. The molecule has 0 radical (unpaired) electrons. The lowest BCUT2D eigenvalue weighted by molar-refractivity contribution is 0.0927. The maximum absolute atomic E-state index is 12.9. The molecule has 0 aliphatic carbocycles. The number of carbonyl (C=O) groups is 2. The molecule has 8 nitrogen and oxygen atoms in total. The van der Waals surface area contributed by atoms with Gasteiger partial charge in [-0.3, -0.25) is 9.59 Å². The fourth-order valence-electron chi connectivity index (χ4n) is 3.39. The molecule has 0 bridgehead atoms. The number of benzene rings is 1. The van der Waals surface area contributed by atoms with E-state index in [0.29, 0.717) is 35.2 Å². The predicted molar refractivity (Wildman–Crippen MR) is 98.3 cm³/mol. The standard InChI is InChI=1S/C19H22N4O4/c1-11(2)20-19(25)17-22-16(13-5-3-4-8-23(13)17)18(24)21-12-6-7-14-15(9-12)27-10-26-14/h6-7,9,11H,3-5,8,10H2,1-2H3,(H,20,25)(H,21,24). The maximum Gasteiger partial charge on any atom is 0.287 e. The van der Waals surface area contributed by atoms with Gasteiger partial charge in [0, 0.05) is 24.3 Å². The minimum absolute atomic E-state index is 0.0000465. The van der Waals surface area contributed by atoms with Crippen LogP contribution in [0.5, 0.6) is 11.5 Å². The molecule has 2 N–H and O–H groups in total. The van der Waals surface area contributed by atoms with Crippen LogP contribution < -0.4 is 20.1 Å². The van der Waals surface area contributed by atoms with Crippen molar-refractivity contribution in [2.75, 3.05) is 12.1 Å². The van der Waals surface area contributed by atoms with Gasteiger partial charge in [0.05, 0.1) is 5.69 Å². The van der Waals surface area contributed by atoms with Gasteiger partial charge in [0.15, 0.2) is 23.0 Å². The Morgan fingerprint density at radius 1 is 1.15 bits per heavy atom. The van der Waals surface area contributed by atoms with Crippen LogP contribution in [0.25, 0.3) is 0 Å². The predicted octanol–water partition coefficient (Wildman–Crippen LogP) is 2.34. The molecular weight excluding hydrogens is 348 g/mol. The lowest BCUT2D eigenvalue weighted by Gasteiger charge is -2.17. The maximum atomic E-state index is 12.9. The lowest BCUT2D eigenvalue weighted by Crippen LogP contribution is -2.33. The Kier molecular flexibility index (Phi) is 4.47. The van der Waals surface area contributed by atoms with Crippen molar-refractivity contribution in [2.45, 2.75) is 45.7 Å². The molecule has 1 aromatic carbocycles. The Hall–Kier alpha value is -3.03. The van der Waals surface area contributed by atoms with Gasteiger partial charge in [-0.15, -0.1) is 0 Å². The molecule has 142 valence electrons. The lowest BCUT2D eigenvalue weighted by atomic mass is 10.1. The van der Waals surface area contributed by atoms with E-state index in [4.69, 9.17) is 9.47 Å². The largest absolute Gasteiger partial charge is 0.454 e. The third-order valence-corrected chi connectivity index (χ3v) is 4.59. The van der Waals surface area contributed by atoms with Gasteiger partial charge in [-0.2, -0.15) is 0 Å². The van der Waals surface area contributed by atoms with Crippen molar-refractivity contribution in [2.24, 2.45) is 0 Å². The number of fused-ring (bicyclic) bond motifs is 2. The van der Waals surface area contributed by atoms with Gasteiger partial charge in [0.1, 0.15) is 0 Å². The Labute approximate surface area is 156 Å². The summed E-state index contributed by atoms with van der Waals surface area (Å²) in [5, 5.41) is 5.70. The number of nitrogens with one attached hydrogen (secondary N) is 2. The van der Waals surface area contributed by atoms with Gasteiger partial charge in [0.25, 0.3) is 11.8 Å². The van der Waals surface area contributed by atoms with Crippen molar-refractivity contribution < 1.29 is 19.1 Å². The van der Waals surface area contributed by atoms with Crippen LogP contribution in [0.2, 0.25) is 0 Å². The number of ether oxygens (including phenoxy) is 2. The van der Waals surface area contributed by atoms with E-state index in [2.05, 4.69) is 15.6 Å². The molecule has 3 heterocycles. The Morgan fingerprint density at radius 2 is 1.96 bits per heavy atom. The molecule has 2 amide bonds. The first kappa shape index (κ1) is 17.4. The van der Waals surface area contributed by atoms with Crippen LogP contribution in [0.15, 0.2) is 18.2 Å². The van der Waals surface area contributed by atoms with Gasteiger partial charge < -0.3 is 24.7 Å². The van der Waals surface area contributed by atoms with Gasteiger partial charge in [-0.25, -0.2) is 4.98 Å². The van der Waals surface area contributed by atoms with Gasteiger partial charge in [-0.05, 0) is 45.2 Å². The van der Waals surface area contributed by atoms with Crippen molar-refractivity contribution in [1.29, 1.82) is 0 Å². The molecule has 0 saturated heterocycles. The summed E-state index contributed by atoms with van der Waals surface area (Å²) in [7, 11) is 0. The third-order valence-electron chi connectivity index (χ3n) is 4.59. The zero-order valence-electron chi connectivity index (χ0n) is 15.4. The smallest absolute Gasteiger partial charge is 0.287 e. The zero-order chi connectivity index (χ0) is 19.0. The quantitative estimate of drug-likeness (QED) is 0.861. The molecule has 0 fully saturated rings. The van der Waals surface area contributed by atoms with Crippen LogP contribution in [0.3, 0.4) is 0 Å². The zero-order valence-corrected chi connectivity index (χ0v) is 15.4. The highest BCUT2D eigenvalue weighted by Gasteiger charge is 2.28. The van der Waals surface area contributed by atoms with Gasteiger partial charge in [-0.1, -0.05) is 0 Å². The summed E-state index contributed by atoms with van der Waals surface area (Å²) in [6.07, 6.45) is 2.67. The Morgan fingerprint density at radius 3 is 2.78 bits per heavy atom. The molecule has 0 atom stereocenters. The van der Waals surface area contributed by atoms with Crippen LogP contribution in [-0.4, -0.2) is 34.2 Å². The Balaban J connectivity index is 1.61. The summed E-state index contributed by atoms with van der Waals surface area (Å²) in [5.74, 6) is 0.962. The number of carbonyl (C=O) groups excluding carboxylic acids is 2. The van der Waals surface area contributed by atoms with Crippen molar-refractivity contribution in [3.05, 3.63) is 35.4 Å². The average Bonchev–Trinajstić information content (AvgIpc) is 3.25. The molecule has 2 aliphatic rings. The van der Waals surface area contributed by atoms with Crippen molar-refractivity contribution in [3.63, 3.8) is 0 Å². The normalized spacial score (nSPS) is 14.8. The highest BCUT2D eigenvalue weighted by atomic mass is 16.7. The minimum Gasteiger partial charge on any atom is -0.454 e. The van der Waals surface area contributed by atoms with Crippen LogP contribution in [0.4, 0.5) is 5.69 Å². The molecule has 0 unspecified atom stereocenters. The highest BCUT2D eigenvalue weighted by Crippen LogP contribution is 2.34. The summed E-state index contributed by atoms with van der Waals surface area (Å²) < 4.78 is 12.5. The summed E-state index contributed by atoms with van der Waals surface area (Å²) in [4.78, 5) is 29.7. The second-order valence-corrected chi connectivity index (χ2v) is 6.99. The fraction of sp³-hybridized carbons (Fsp3) is 0.421. The summed E-state index contributed by atoms with van der Waals surface area (Å²) in [6.45, 7) is 4.66. The number of aromatic nitrogens is 2. The van der Waals surface area contributed by atoms with Gasteiger partial charge >= 0.3 is 0 Å². The first-order valence-corrected chi connectivity index (χ1v) is 9.14. The number of amides is 2. The second kappa shape index (κ2) is 6.94. The van der Waals surface area contributed by atoms with E-state index in [0.717, 1.165) is 25.0 Å². The van der Waals surface area contributed by atoms with E-state index in [9.17, 15) is 9.59 Å². The molecule has 2 aromatic rings. The minimum atomic E-state index is -0.330. The molecule has 27 heavy (non-hydrogen) atoms. The van der Waals surface area contributed by atoms with Crippen LogP contribution in [0.1, 0.15) is 53.5 Å². The molecular formula is C19H22N4O4. The number of imidazole rings is 1. The molecule has 2 aliphatic heterocycles. The summed E-state index contributed by atoms with van der Waals surface area (Å²) in [6, 6.07) is 5.22. The first-order chi connectivity index (χ1) is 13.0. The number of hydrogen-bond acceptors (Lipinski definition) is 5. The fourth-order valence-corrected chi connectivity index (χ4v) is 3.39.